The van der Waals surface area contributed by atoms with Gasteiger partial charge in [0.2, 0.25) is 0 Å². The third kappa shape index (κ3) is 2.65. The van der Waals surface area contributed by atoms with Crippen molar-refractivity contribution in [3.8, 4) is 11.3 Å². The summed E-state index contributed by atoms with van der Waals surface area (Å²) in [6, 6.07) is 7.16. The van der Waals surface area contributed by atoms with E-state index in [0.717, 1.165) is 11.1 Å². The van der Waals surface area contributed by atoms with Crippen LogP contribution in [0.3, 0.4) is 0 Å². The van der Waals surface area contributed by atoms with Crippen LogP contribution in [0.1, 0.15) is 16.1 Å². The van der Waals surface area contributed by atoms with Crippen molar-refractivity contribution in [2.45, 2.75) is 6.92 Å². The molecule has 0 atom stereocenters. The SMILES string of the molecule is COC(=O)c1cc(-c2cc(C)cc(Cl)c2)ncn1. The number of halogens is 1. The topological polar surface area (TPSA) is 52.1 Å². The molecule has 0 fully saturated rings. The van der Waals surface area contributed by atoms with Crippen LogP contribution < -0.4 is 0 Å². The van der Waals surface area contributed by atoms with Crippen molar-refractivity contribution >= 4 is 17.6 Å². The highest BCUT2D eigenvalue weighted by atomic mass is 35.5. The average Bonchev–Trinajstić information content (AvgIpc) is 2.37. The average molecular weight is 263 g/mol. The molecule has 2 rings (SSSR count). The van der Waals surface area contributed by atoms with Gasteiger partial charge in [-0.2, -0.15) is 0 Å². The number of rotatable bonds is 2. The Balaban J connectivity index is 2.47. The number of esters is 1. The van der Waals surface area contributed by atoms with E-state index in [2.05, 4.69) is 14.7 Å². The number of hydrogen-bond donors (Lipinski definition) is 0. The summed E-state index contributed by atoms with van der Waals surface area (Å²) >= 11 is 5.99. The Kier molecular flexibility index (Phi) is 3.58. The first kappa shape index (κ1) is 12.5. The van der Waals surface area contributed by atoms with Gasteiger partial charge in [0.05, 0.1) is 12.8 Å². The zero-order valence-corrected chi connectivity index (χ0v) is 10.7. The van der Waals surface area contributed by atoms with Gasteiger partial charge in [-0.1, -0.05) is 11.6 Å². The monoisotopic (exact) mass is 262 g/mol. The zero-order chi connectivity index (χ0) is 13.1. The van der Waals surface area contributed by atoms with Crippen molar-refractivity contribution in [1.82, 2.24) is 9.97 Å². The Morgan fingerprint density at radius 3 is 2.67 bits per heavy atom. The summed E-state index contributed by atoms with van der Waals surface area (Å²) in [5.74, 6) is -0.489. The maximum atomic E-state index is 11.4. The lowest BCUT2D eigenvalue weighted by Gasteiger charge is -2.04. The van der Waals surface area contributed by atoms with Crippen molar-refractivity contribution < 1.29 is 9.53 Å². The molecule has 0 saturated heterocycles. The van der Waals surface area contributed by atoms with Gasteiger partial charge in [0.1, 0.15) is 6.33 Å². The van der Waals surface area contributed by atoms with Gasteiger partial charge in [-0.15, -0.1) is 0 Å². The van der Waals surface area contributed by atoms with Gasteiger partial charge in [-0.3, -0.25) is 0 Å². The molecule has 1 aromatic carbocycles. The van der Waals surface area contributed by atoms with Gasteiger partial charge in [0.25, 0.3) is 0 Å². The van der Waals surface area contributed by atoms with Crippen molar-refractivity contribution in [1.29, 1.82) is 0 Å². The fourth-order valence-corrected chi connectivity index (χ4v) is 1.91. The first-order valence-electron chi connectivity index (χ1n) is 5.28. The predicted octanol–water partition coefficient (Wildman–Crippen LogP) is 2.89. The fraction of sp³-hybridized carbons (Fsp3) is 0.154. The highest BCUT2D eigenvalue weighted by Gasteiger charge is 2.10. The van der Waals surface area contributed by atoms with Gasteiger partial charge in [0.15, 0.2) is 5.69 Å². The number of methoxy groups -OCH3 is 1. The molecule has 0 N–H and O–H groups in total. The number of carbonyl (C=O) groups excluding carboxylic acids is 1. The Morgan fingerprint density at radius 1 is 1.22 bits per heavy atom. The minimum absolute atomic E-state index is 0.222. The third-order valence-corrected chi connectivity index (χ3v) is 2.62. The third-order valence-electron chi connectivity index (χ3n) is 2.40. The van der Waals surface area contributed by atoms with E-state index < -0.39 is 5.97 Å². The normalized spacial score (nSPS) is 10.2. The second-order valence-corrected chi connectivity index (χ2v) is 4.23. The second kappa shape index (κ2) is 5.14. The summed E-state index contributed by atoms with van der Waals surface area (Å²) < 4.78 is 4.62. The standard InChI is InChI=1S/C13H11ClN2O2/c1-8-3-9(5-10(14)4-8)11-6-12(13(17)18-2)16-7-15-11/h3-7H,1-2H3. The highest BCUT2D eigenvalue weighted by molar-refractivity contribution is 6.30. The summed E-state index contributed by atoms with van der Waals surface area (Å²) in [6.07, 6.45) is 1.33. The van der Waals surface area contributed by atoms with Crippen LogP contribution in [-0.2, 0) is 4.74 Å². The van der Waals surface area contributed by atoms with E-state index in [4.69, 9.17) is 11.6 Å². The Morgan fingerprint density at radius 2 is 2.00 bits per heavy atom. The quantitative estimate of drug-likeness (QED) is 0.781. The molecule has 1 heterocycles. The van der Waals surface area contributed by atoms with Crippen LogP contribution in [0, 0.1) is 6.92 Å². The number of hydrogen-bond acceptors (Lipinski definition) is 4. The molecular formula is C13H11ClN2O2. The van der Waals surface area contributed by atoms with Crippen LogP contribution in [0.4, 0.5) is 0 Å². The summed E-state index contributed by atoms with van der Waals surface area (Å²) in [5, 5.41) is 0.628. The maximum absolute atomic E-state index is 11.4. The minimum Gasteiger partial charge on any atom is -0.464 e. The predicted molar refractivity (Wildman–Crippen MR) is 68.6 cm³/mol. The van der Waals surface area contributed by atoms with E-state index in [-0.39, 0.29) is 5.69 Å². The molecule has 1 aromatic heterocycles. The van der Waals surface area contributed by atoms with Gasteiger partial charge in [-0.25, -0.2) is 14.8 Å². The number of nitrogens with zero attached hydrogens (tertiary/aromatic N) is 2. The number of ether oxygens (including phenoxy) is 1. The molecule has 0 spiro atoms. The molecule has 0 bridgehead atoms. The smallest absolute Gasteiger partial charge is 0.356 e. The van der Waals surface area contributed by atoms with E-state index >= 15 is 0 Å². The lowest BCUT2D eigenvalue weighted by atomic mass is 10.1. The van der Waals surface area contributed by atoms with Gasteiger partial charge < -0.3 is 4.74 Å². The summed E-state index contributed by atoms with van der Waals surface area (Å²) in [6.45, 7) is 1.94. The van der Waals surface area contributed by atoms with Crippen molar-refractivity contribution in [3.05, 3.63) is 46.9 Å². The van der Waals surface area contributed by atoms with Gasteiger partial charge in [0, 0.05) is 10.6 Å². The Labute approximate surface area is 110 Å². The van der Waals surface area contributed by atoms with E-state index in [1.54, 1.807) is 12.1 Å². The molecule has 0 unspecified atom stereocenters. The summed E-state index contributed by atoms with van der Waals surface area (Å²) in [4.78, 5) is 19.4. The molecule has 0 saturated carbocycles. The molecule has 5 heteroatoms. The lowest BCUT2D eigenvalue weighted by Crippen LogP contribution is -2.04. The summed E-state index contributed by atoms with van der Waals surface area (Å²) in [7, 11) is 1.31. The number of aryl methyl sites for hydroxylation is 1. The van der Waals surface area contributed by atoms with E-state index in [9.17, 15) is 4.79 Å². The second-order valence-electron chi connectivity index (χ2n) is 3.80. The first-order valence-corrected chi connectivity index (χ1v) is 5.66. The Bertz CT molecular complexity index is 579. The molecule has 4 nitrogen and oxygen atoms in total. The first-order chi connectivity index (χ1) is 8.60. The van der Waals surface area contributed by atoms with Crippen molar-refractivity contribution in [2.75, 3.05) is 7.11 Å². The highest BCUT2D eigenvalue weighted by Crippen LogP contribution is 2.23. The number of aromatic nitrogens is 2. The molecule has 18 heavy (non-hydrogen) atoms. The van der Waals surface area contributed by atoms with Crippen LogP contribution in [-0.4, -0.2) is 23.0 Å². The fourth-order valence-electron chi connectivity index (χ4n) is 1.62. The van der Waals surface area contributed by atoms with E-state index in [0.29, 0.717) is 10.7 Å². The van der Waals surface area contributed by atoms with Crippen LogP contribution >= 0.6 is 11.6 Å². The summed E-state index contributed by atoms with van der Waals surface area (Å²) in [5.41, 5.74) is 2.72. The van der Waals surface area contributed by atoms with Gasteiger partial charge in [-0.05, 0) is 36.8 Å². The van der Waals surface area contributed by atoms with Crippen molar-refractivity contribution in [3.63, 3.8) is 0 Å². The van der Waals surface area contributed by atoms with E-state index in [1.807, 2.05) is 19.1 Å². The zero-order valence-electron chi connectivity index (χ0n) is 9.98. The maximum Gasteiger partial charge on any atom is 0.356 e. The molecule has 0 aliphatic rings. The molecule has 0 aliphatic heterocycles. The lowest BCUT2D eigenvalue weighted by molar-refractivity contribution is 0.0594. The molecule has 92 valence electrons. The minimum atomic E-state index is -0.489. The largest absolute Gasteiger partial charge is 0.464 e. The number of benzene rings is 1. The van der Waals surface area contributed by atoms with Gasteiger partial charge >= 0.3 is 5.97 Å². The van der Waals surface area contributed by atoms with Crippen LogP contribution in [0.5, 0.6) is 0 Å². The molecular weight excluding hydrogens is 252 g/mol. The molecule has 0 amide bonds. The number of carbonyl (C=O) groups is 1. The molecule has 0 aliphatic carbocycles. The van der Waals surface area contributed by atoms with Crippen molar-refractivity contribution in [2.24, 2.45) is 0 Å². The Hall–Kier alpha value is -1.94. The molecule has 0 radical (unpaired) electrons. The van der Waals surface area contributed by atoms with E-state index in [1.165, 1.54) is 13.4 Å². The van der Waals surface area contributed by atoms with Crippen LogP contribution in [0.2, 0.25) is 5.02 Å². The van der Waals surface area contributed by atoms with Crippen LogP contribution in [0.15, 0.2) is 30.6 Å². The van der Waals surface area contributed by atoms with Crippen LogP contribution in [0.25, 0.3) is 11.3 Å². The molecule has 2 aromatic rings.